The highest BCUT2D eigenvalue weighted by Crippen LogP contribution is 2.27. The summed E-state index contributed by atoms with van der Waals surface area (Å²) in [6.07, 6.45) is 9.24. The van der Waals surface area contributed by atoms with E-state index in [4.69, 9.17) is 0 Å². The van der Waals surface area contributed by atoms with Crippen LogP contribution in [-0.4, -0.2) is 23.3 Å². The molecule has 0 amide bonds. The molecule has 0 radical (unpaired) electrons. The van der Waals surface area contributed by atoms with E-state index in [1.807, 2.05) is 11.3 Å². The summed E-state index contributed by atoms with van der Waals surface area (Å²) in [6.45, 7) is 4.19. The standard InChI is InChI=1S/C13H23N3S/c1-2-14-9-8-12-15-16-13(17-12)10-11-6-4-3-5-7-11/h11,14H,2-10H2,1H3. The normalized spacial score (nSPS) is 17.5. The lowest BCUT2D eigenvalue weighted by atomic mass is 9.87. The van der Waals surface area contributed by atoms with Gasteiger partial charge in [-0.05, 0) is 12.5 Å². The first-order valence-corrected chi connectivity index (χ1v) is 7.72. The Morgan fingerprint density at radius 1 is 1.18 bits per heavy atom. The SMILES string of the molecule is CCNCCc1nnc(CC2CCCCC2)s1. The van der Waals surface area contributed by atoms with E-state index in [0.29, 0.717) is 0 Å². The van der Waals surface area contributed by atoms with E-state index >= 15 is 0 Å². The summed E-state index contributed by atoms with van der Waals surface area (Å²) < 4.78 is 0. The zero-order valence-corrected chi connectivity index (χ0v) is 11.6. The molecule has 1 heterocycles. The van der Waals surface area contributed by atoms with Gasteiger partial charge >= 0.3 is 0 Å². The van der Waals surface area contributed by atoms with Crippen molar-refractivity contribution in [3.05, 3.63) is 10.0 Å². The van der Waals surface area contributed by atoms with E-state index in [1.54, 1.807) is 0 Å². The number of hydrogen-bond acceptors (Lipinski definition) is 4. The molecule has 0 aliphatic heterocycles. The lowest BCUT2D eigenvalue weighted by Crippen LogP contribution is -2.15. The van der Waals surface area contributed by atoms with Crippen LogP contribution >= 0.6 is 11.3 Å². The van der Waals surface area contributed by atoms with Crippen LogP contribution in [0.1, 0.15) is 49.0 Å². The van der Waals surface area contributed by atoms with Crippen molar-refractivity contribution in [2.24, 2.45) is 5.92 Å². The molecule has 0 saturated heterocycles. The smallest absolute Gasteiger partial charge is 0.118 e. The number of nitrogens with zero attached hydrogens (tertiary/aromatic N) is 2. The highest BCUT2D eigenvalue weighted by Gasteiger charge is 2.16. The number of nitrogens with one attached hydrogen (secondary N) is 1. The molecule has 1 aliphatic rings. The molecule has 1 saturated carbocycles. The molecule has 0 bridgehead atoms. The van der Waals surface area contributed by atoms with Crippen LogP contribution in [0.2, 0.25) is 0 Å². The third-order valence-electron chi connectivity index (χ3n) is 3.46. The summed E-state index contributed by atoms with van der Waals surface area (Å²) in [4.78, 5) is 0. The first-order valence-electron chi connectivity index (χ1n) is 6.90. The van der Waals surface area contributed by atoms with Crippen molar-refractivity contribution in [1.82, 2.24) is 15.5 Å². The molecular formula is C13H23N3S. The van der Waals surface area contributed by atoms with Crippen molar-refractivity contribution in [3.8, 4) is 0 Å². The molecule has 0 atom stereocenters. The van der Waals surface area contributed by atoms with Crippen LogP contribution in [0.5, 0.6) is 0 Å². The van der Waals surface area contributed by atoms with Crippen molar-refractivity contribution < 1.29 is 0 Å². The molecule has 3 nitrogen and oxygen atoms in total. The summed E-state index contributed by atoms with van der Waals surface area (Å²) in [5.41, 5.74) is 0. The maximum Gasteiger partial charge on any atom is 0.118 e. The van der Waals surface area contributed by atoms with Crippen molar-refractivity contribution >= 4 is 11.3 Å². The molecule has 0 aromatic carbocycles. The fourth-order valence-electron chi connectivity index (χ4n) is 2.48. The average Bonchev–Trinajstić information content (AvgIpc) is 2.79. The molecule has 1 fully saturated rings. The molecule has 4 heteroatoms. The van der Waals surface area contributed by atoms with E-state index < -0.39 is 0 Å². The first kappa shape index (κ1) is 13.0. The predicted molar refractivity (Wildman–Crippen MR) is 72.4 cm³/mol. The molecular weight excluding hydrogens is 230 g/mol. The molecule has 17 heavy (non-hydrogen) atoms. The van der Waals surface area contributed by atoms with E-state index in [-0.39, 0.29) is 0 Å². The minimum atomic E-state index is 0.873. The minimum absolute atomic E-state index is 0.873. The van der Waals surface area contributed by atoms with Gasteiger partial charge in [0.25, 0.3) is 0 Å². The molecule has 0 spiro atoms. The van der Waals surface area contributed by atoms with E-state index in [2.05, 4.69) is 22.4 Å². The Labute approximate surface area is 108 Å². The molecule has 1 aliphatic carbocycles. The number of rotatable bonds is 6. The van der Waals surface area contributed by atoms with Crippen molar-refractivity contribution in [2.75, 3.05) is 13.1 Å². The molecule has 96 valence electrons. The second-order valence-electron chi connectivity index (χ2n) is 4.90. The Morgan fingerprint density at radius 2 is 1.94 bits per heavy atom. The Hall–Kier alpha value is -0.480. The maximum absolute atomic E-state index is 4.33. The second kappa shape index (κ2) is 7.07. The molecule has 1 aromatic rings. The van der Waals surface area contributed by atoms with Crippen LogP contribution in [0.4, 0.5) is 0 Å². The maximum atomic E-state index is 4.33. The van der Waals surface area contributed by atoms with Gasteiger partial charge in [0, 0.05) is 19.4 Å². The summed E-state index contributed by atoms with van der Waals surface area (Å²) in [7, 11) is 0. The second-order valence-corrected chi connectivity index (χ2v) is 6.05. The van der Waals surface area contributed by atoms with E-state index in [0.717, 1.165) is 25.4 Å². The lowest BCUT2D eigenvalue weighted by Gasteiger charge is -2.19. The average molecular weight is 253 g/mol. The van der Waals surface area contributed by atoms with Gasteiger partial charge in [-0.3, -0.25) is 0 Å². The van der Waals surface area contributed by atoms with Gasteiger partial charge in [0.1, 0.15) is 10.0 Å². The van der Waals surface area contributed by atoms with Gasteiger partial charge in [-0.2, -0.15) is 0 Å². The van der Waals surface area contributed by atoms with Crippen molar-refractivity contribution in [1.29, 1.82) is 0 Å². The van der Waals surface area contributed by atoms with Gasteiger partial charge < -0.3 is 5.32 Å². The number of likely N-dealkylation sites (N-methyl/N-ethyl adjacent to an activating group) is 1. The topological polar surface area (TPSA) is 37.8 Å². The monoisotopic (exact) mass is 253 g/mol. The fraction of sp³-hybridized carbons (Fsp3) is 0.846. The van der Waals surface area contributed by atoms with Crippen molar-refractivity contribution in [3.63, 3.8) is 0 Å². The summed E-state index contributed by atoms with van der Waals surface area (Å²) in [5.74, 6) is 0.873. The van der Waals surface area contributed by atoms with Crippen LogP contribution in [-0.2, 0) is 12.8 Å². The van der Waals surface area contributed by atoms with Gasteiger partial charge in [-0.15, -0.1) is 21.5 Å². The Balaban J connectivity index is 1.76. The van der Waals surface area contributed by atoms with Gasteiger partial charge in [-0.1, -0.05) is 39.0 Å². The summed E-state index contributed by atoms with van der Waals surface area (Å²) >= 11 is 1.81. The fourth-order valence-corrected chi connectivity index (χ4v) is 3.44. The third-order valence-corrected chi connectivity index (χ3v) is 4.47. The number of aromatic nitrogens is 2. The zero-order chi connectivity index (χ0) is 11.9. The molecule has 0 unspecified atom stereocenters. The Morgan fingerprint density at radius 3 is 2.71 bits per heavy atom. The first-order chi connectivity index (χ1) is 8.38. The lowest BCUT2D eigenvalue weighted by molar-refractivity contribution is 0.356. The number of hydrogen-bond donors (Lipinski definition) is 1. The van der Waals surface area contributed by atoms with Crippen LogP contribution in [0.3, 0.4) is 0 Å². The van der Waals surface area contributed by atoms with Crippen molar-refractivity contribution in [2.45, 2.75) is 51.9 Å². The van der Waals surface area contributed by atoms with Crippen LogP contribution in [0.25, 0.3) is 0 Å². The minimum Gasteiger partial charge on any atom is -0.317 e. The predicted octanol–water partition coefficient (Wildman–Crippen LogP) is 2.81. The Kier molecular flexibility index (Phi) is 5.39. The highest BCUT2D eigenvalue weighted by atomic mass is 32.1. The quantitative estimate of drug-likeness (QED) is 0.792. The zero-order valence-electron chi connectivity index (χ0n) is 10.7. The largest absolute Gasteiger partial charge is 0.317 e. The van der Waals surface area contributed by atoms with Crippen LogP contribution in [0.15, 0.2) is 0 Å². The molecule has 1 N–H and O–H groups in total. The van der Waals surface area contributed by atoms with Gasteiger partial charge in [-0.25, -0.2) is 0 Å². The van der Waals surface area contributed by atoms with Gasteiger partial charge in [0.15, 0.2) is 0 Å². The Bertz CT molecular complexity index is 318. The third kappa shape index (κ3) is 4.36. The summed E-state index contributed by atoms with van der Waals surface area (Å²) in [6, 6.07) is 0. The van der Waals surface area contributed by atoms with E-state index in [1.165, 1.54) is 48.5 Å². The van der Waals surface area contributed by atoms with E-state index in [9.17, 15) is 0 Å². The highest BCUT2D eigenvalue weighted by molar-refractivity contribution is 7.11. The van der Waals surface area contributed by atoms with Crippen LogP contribution < -0.4 is 5.32 Å². The van der Waals surface area contributed by atoms with Gasteiger partial charge in [0.05, 0.1) is 0 Å². The van der Waals surface area contributed by atoms with Crippen LogP contribution in [0, 0.1) is 5.92 Å². The molecule has 2 rings (SSSR count). The van der Waals surface area contributed by atoms with Gasteiger partial charge in [0.2, 0.25) is 0 Å². The summed E-state index contributed by atoms with van der Waals surface area (Å²) in [5, 5.41) is 14.4. The molecule has 1 aromatic heterocycles.